The number of ether oxygens (including phenoxy) is 1. The van der Waals surface area contributed by atoms with Gasteiger partial charge in [-0.2, -0.15) is 4.68 Å². The molecule has 2 aromatic rings. The van der Waals surface area contributed by atoms with Crippen LogP contribution in [-0.4, -0.2) is 29.4 Å². The van der Waals surface area contributed by atoms with Gasteiger partial charge < -0.3 is 15.5 Å². The summed E-state index contributed by atoms with van der Waals surface area (Å²) in [5, 5.41) is 0.0751. The van der Waals surface area contributed by atoms with E-state index in [4.69, 9.17) is 10.6 Å². The molecular weight excluding hydrogens is 351 g/mol. The lowest BCUT2D eigenvalue weighted by atomic mass is 9.95. The van der Waals surface area contributed by atoms with Crippen LogP contribution in [0.25, 0.3) is 10.9 Å². The Bertz CT molecular complexity index is 1010. The van der Waals surface area contributed by atoms with Crippen molar-refractivity contribution < 1.29 is 9.13 Å². The van der Waals surface area contributed by atoms with E-state index in [0.717, 1.165) is 45.2 Å². The minimum absolute atomic E-state index is 0.0349. The average Bonchev–Trinajstić information content (AvgIpc) is 3.51. The quantitative estimate of drug-likeness (QED) is 0.825. The number of methoxy groups -OCH3 is 1. The SMILES string of the molecule is CCC1CCCN(c2c(F)cc3c(=O)n(N)c(=O)n(C4CC4)c3c2OC)C1. The first-order chi connectivity index (χ1) is 13.0. The molecule has 1 aromatic heterocycles. The van der Waals surface area contributed by atoms with Gasteiger partial charge in [0, 0.05) is 19.1 Å². The van der Waals surface area contributed by atoms with Gasteiger partial charge in [0.2, 0.25) is 0 Å². The Morgan fingerprint density at radius 1 is 1.30 bits per heavy atom. The summed E-state index contributed by atoms with van der Waals surface area (Å²) in [4.78, 5) is 27.2. The molecule has 1 aliphatic carbocycles. The van der Waals surface area contributed by atoms with Crippen LogP contribution in [0, 0.1) is 11.7 Å². The summed E-state index contributed by atoms with van der Waals surface area (Å²) in [5.41, 5.74) is -0.602. The molecule has 0 amide bonds. The number of fused-ring (bicyclic) bond motifs is 1. The zero-order valence-corrected chi connectivity index (χ0v) is 15.7. The molecule has 4 rings (SSSR count). The number of rotatable bonds is 4. The van der Waals surface area contributed by atoms with Gasteiger partial charge in [0.05, 0.1) is 12.5 Å². The van der Waals surface area contributed by atoms with Gasteiger partial charge >= 0.3 is 5.69 Å². The highest BCUT2D eigenvalue weighted by atomic mass is 19.1. The van der Waals surface area contributed by atoms with Crippen molar-refractivity contribution in [2.24, 2.45) is 5.92 Å². The summed E-state index contributed by atoms with van der Waals surface area (Å²) in [6, 6.07) is 1.17. The molecule has 0 bridgehead atoms. The summed E-state index contributed by atoms with van der Waals surface area (Å²) in [5.74, 6) is 5.89. The highest BCUT2D eigenvalue weighted by Gasteiger charge is 2.33. The van der Waals surface area contributed by atoms with Crippen LogP contribution in [0.4, 0.5) is 10.1 Å². The lowest BCUT2D eigenvalue weighted by Crippen LogP contribution is -2.44. The fourth-order valence-corrected chi connectivity index (χ4v) is 4.20. The molecule has 7 nitrogen and oxygen atoms in total. The lowest BCUT2D eigenvalue weighted by Gasteiger charge is -2.35. The van der Waals surface area contributed by atoms with E-state index in [9.17, 15) is 9.59 Å². The first-order valence-corrected chi connectivity index (χ1v) is 9.55. The Kier molecular flexibility index (Phi) is 4.36. The Hall–Kier alpha value is -2.51. The van der Waals surface area contributed by atoms with Gasteiger partial charge in [-0.3, -0.25) is 9.36 Å². The molecule has 1 aromatic carbocycles. The zero-order valence-electron chi connectivity index (χ0n) is 15.7. The molecule has 2 fully saturated rings. The van der Waals surface area contributed by atoms with Crippen molar-refractivity contribution in [2.45, 2.75) is 45.1 Å². The Labute approximate surface area is 156 Å². The van der Waals surface area contributed by atoms with E-state index in [2.05, 4.69) is 6.92 Å². The first-order valence-electron chi connectivity index (χ1n) is 9.55. The van der Waals surface area contributed by atoms with Gasteiger partial charge in [-0.1, -0.05) is 13.3 Å². The third kappa shape index (κ3) is 2.78. The minimum Gasteiger partial charge on any atom is -0.492 e. The molecule has 2 aliphatic rings. The van der Waals surface area contributed by atoms with E-state index in [1.54, 1.807) is 0 Å². The van der Waals surface area contributed by atoms with E-state index in [-0.39, 0.29) is 17.2 Å². The first kappa shape index (κ1) is 17.9. The van der Waals surface area contributed by atoms with Crippen LogP contribution in [0.1, 0.15) is 45.1 Å². The largest absolute Gasteiger partial charge is 0.492 e. The number of halogens is 1. The van der Waals surface area contributed by atoms with E-state index < -0.39 is 17.1 Å². The zero-order chi connectivity index (χ0) is 19.3. The highest BCUT2D eigenvalue weighted by molar-refractivity contribution is 5.91. The van der Waals surface area contributed by atoms with Crippen molar-refractivity contribution in [1.29, 1.82) is 0 Å². The number of hydrogen-bond acceptors (Lipinski definition) is 5. The number of nitrogens with two attached hydrogens (primary N) is 1. The second-order valence-corrected chi connectivity index (χ2v) is 7.56. The van der Waals surface area contributed by atoms with E-state index >= 15 is 4.39 Å². The van der Waals surface area contributed by atoms with Crippen LogP contribution in [0.2, 0.25) is 0 Å². The number of aromatic nitrogens is 2. The molecule has 1 saturated heterocycles. The summed E-state index contributed by atoms with van der Waals surface area (Å²) in [6.45, 7) is 3.59. The van der Waals surface area contributed by atoms with Crippen molar-refractivity contribution in [3.8, 4) is 5.75 Å². The molecule has 2 heterocycles. The normalized spacial score (nSPS) is 20.3. The molecular formula is C19H25FN4O3. The number of nitrogen functional groups attached to an aromatic ring is 1. The third-order valence-corrected chi connectivity index (χ3v) is 5.81. The maximum atomic E-state index is 15.1. The molecule has 1 aliphatic heterocycles. The lowest BCUT2D eigenvalue weighted by molar-refractivity contribution is 0.385. The van der Waals surface area contributed by atoms with Crippen LogP contribution < -0.4 is 26.7 Å². The van der Waals surface area contributed by atoms with Crippen LogP contribution in [-0.2, 0) is 0 Å². The summed E-state index contributed by atoms with van der Waals surface area (Å²) >= 11 is 0. The van der Waals surface area contributed by atoms with Crippen LogP contribution in [0.15, 0.2) is 15.7 Å². The topological polar surface area (TPSA) is 82.5 Å². The number of hydrogen-bond donors (Lipinski definition) is 1. The van der Waals surface area contributed by atoms with Gasteiger partial charge in [0.1, 0.15) is 11.2 Å². The maximum absolute atomic E-state index is 15.1. The van der Waals surface area contributed by atoms with Crippen LogP contribution in [0.5, 0.6) is 5.75 Å². The minimum atomic E-state index is -0.708. The molecule has 0 spiro atoms. The second-order valence-electron chi connectivity index (χ2n) is 7.56. The van der Waals surface area contributed by atoms with E-state index in [1.165, 1.54) is 17.7 Å². The molecule has 1 atom stereocenters. The van der Waals surface area contributed by atoms with Gasteiger partial charge in [-0.25, -0.2) is 9.18 Å². The van der Waals surface area contributed by atoms with Crippen LogP contribution in [0.3, 0.4) is 0 Å². The number of nitrogens with zero attached hydrogens (tertiary/aromatic N) is 3. The Morgan fingerprint density at radius 3 is 2.67 bits per heavy atom. The standard InChI is InChI=1S/C19H25FN4O3/c1-3-11-5-4-8-22(10-11)16-14(20)9-13-15(17(16)27-2)23(12-6-7-12)19(26)24(21)18(13)25/h9,11-12H,3-8,10,21H2,1-2H3. The maximum Gasteiger partial charge on any atom is 0.350 e. The molecule has 0 radical (unpaired) electrons. The number of piperidine rings is 1. The van der Waals surface area contributed by atoms with Crippen molar-refractivity contribution in [1.82, 2.24) is 9.24 Å². The van der Waals surface area contributed by atoms with E-state index in [0.29, 0.717) is 21.8 Å². The Balaban J connectivity index is 2.03. The molecule has 27 heavy (non-hydrogen) atoms. The third-order valence-electron chi connectivity index (χ3n) is 5.81. The predicted octanol–water partition coefficient (Wildman–Crippen LogP) is 1.99. The predicted molar refractivity (Wildman–Crippen MR) is 103 cm³/mol. The monoisotopic (exact) mass is 376 g/mol. The highest BCUT2D eigenvalue weighted by Crippen LogP contribution is 2.43. The molecule has 2 N–H and O–H groups in total. The molecule has 1 unspecified atom stereocenters. The molecule has 146 valence electrons. The average molecular weight is 376 g/mol. The Morgan fingerprint density at radius 2 is 2.04 bits per heavy atom. The van der Waals surface area contributed by atoms with Gasteiger partial charge in [-0.15, -0.1) is 0 Å². The second kappa shape index (κ2) is 6.58. The molecule has 8 heteroatoms. The smallest absolute Gasteiger partial charge is 0.350 e. The summed E-state index contributed by atoms with van der Waals surface area (Å²) in [6.07, 6.45) is 4.77. The summed E-state index contributed by atoms with van der Waals surface area (Å²) in [7, 11) is 1.45. The number of benzene rings is 1. The van der Waals surface area contributed by atoms with Crippen molar-refractivity contribution in [3.63, 3.8) is 0 Å². The fourth-order valence-electron chi connectivity index (χ4n) is 4.20. The van der Waals surface area contributed by atoms with Crippen LogP contribution >= 0.6 is 0 Å². The van der Waals surface area contributed by atoms with Crippen molar-refractivity contribution in [2.75, 3.05) is 30.9 Å². The number of anilines is 1. The van der Waals surface area contributed by atoms with Gasteiger partial charge in [0.15, 0.2) is 11.6 Å². The summed E-state index contributed by atoms with van der Waals surface area (Å²) < 4.78 is 22.8. The van der Waals surface area contributed by atoms with Crippen molar-refractivity contribution >= 4 is 16.6 Å². The van der Waals surface area contributed by atoms with Gasteiger partial charge in [-0.05, 0) is 37.7 Å². The van der Waals surface area contributed by atoms with Crippen molar-refractivity contribution in [3.05, 3.63) is 32.7 Å². The fraction of sp³-hybridized carbons (Fsp3) is 0.579. The van der Waals surface area contributed by atoms with E-state index in [1.807, 2.05) is 4.90 Å². The van der Waals surface area contributed by atoms with Gasteiger partial charge in [0.25, 0.3) is 5.56 Å². The molecule has 1 saturated carbocycles.